The van der Waals surface area contributed by atoms with E-state index in [0.29, 0.717) is 23.9 Å². The molecule has 1 saturated heterocycles. The number of benzene rings is 1. The molecule has 3 heterocycles. The molecule has 1 aromatic carbocycles. The molecule has 9 heteroatoms. The Kier molecular flexibility index (Phi) is 6.16. The van der Waals surface area contributed by atoms with Gasteiger partial charge in [-0.2, -0.15) is 0 Å². The first kappa shape index (κ1) is 21.5. The highest BCUT2D eigenvalue weighted by Crippen LogP contribution is 2.30. The average Bonchev–Trinajstić information content (AvgIpc) is 2.81. The molecule has 166 valence electrons. The standard InChI is InChI=1S/C23H24FN5O3/c1-28-21(30)12-20(18-9-10-25-13-19(18)24)27-22(28)29-11-3-4-16(14-29)15-5-7-17(8-6-15)26-23(31)32-2/h5-10,12-13,16H,3-4,11,14H2,1-2H3,(H,26,31)/t16-/m1/s1. The molecule has 0 saturated carbocycles. The summed E-state index contributed by atoms with van der Waals surface area (Å²) in [6.45, 7) is 1.42. The van der Waals surface area contributed by atoms with Crippen LogP contribution in [0.5, 0.6) is 0 Å². The molecule has 32 heavy (non-hydrogen) atoms. The van der Waals surface area contributed by atoms with Crippen LogP contribution in [0.25, 0.3) is 11.3 Å². The molecular formula is C23H24FN5O3. The monoisotopic (exact) mass is 437 g/mol. The number of methoxy groups -OCH3 is 1. The number of nitrogens with one attached hydrogen (secondary N) is 1. The highest BCUT2D eigenvalue weighted by atomic mass is 19.1. The maximum absolute atomic E-state index is 14.2. The van der Waals surface area contributed by atoms with E-state index in [1.165, 1.54) is 30.0 Å². The number of pyridine rings is 1. The van der Waals surface area contributed by atoms with Crippen LogP contribution in [0.15, 0.2) is 53.6 Å². The Morgan fingerprint density at radius 1 is 1.25 bits per heavy atom. The van der Waals surface area contributed by atoms with Gasteiger partial charge in [0.2, 0.25) is 5.95 Å². The van der Waals surface area contributed by atoms with Crippen molar-refractivity contribution in [2.75, 3.05) is 30.4 Å². The highest BCUT2D eigenvalue weighted by Gasteiger charge is 2.25. The van der Waals surface area contributed by atoms with Gasteiger partial charge in [0, 0.05) is 49.6 Å². The molecule has 1 amide bonds. The van der Waals surface area contributed by atoms with Crippen molar-refractivity contribution in [3.8, 4) is 11.3 Å². The van der Waals surface area contributed by atoms with Crippen LogP contribution in [0, 0.1) is 5.82 Å². The zero-order valence-electron chi connectivity index (χ0n) is 17.9. The molecule has 0 bridgehead atoms. The summed E-state index contributed by atoms with van der Waals surface area (Å²) in [6, 6.07) is 10.5. The molecule has 1 aliphatic heterocycles. The molecule has 4 rings (SSSR count). The molecule has 1 N–H and O–H groups in total. The topological polar surface area (TPSA) is 89.3 Å². The molecule has 1 aliphatic rings. The first-order chi connectivity index (χ1) is 15.5. The average molecular weight is 437 g/mol. The van der Waals surface area contributed by atoms with Gasteiger partial charge in [-0.05, 0) is 36.6 Å². The SMILES string of the molecule is COC(=O)Nc1ccc([C@@H]2CCCN(c3nc(-c4ccncc4F)cc(=O)n3C)C2)cc1. The molecule has 8 nitrogen and oxygen atoms in total. The molecule has 1 fully saturated rings. The lowest BCUT2D eigenvalue weighted by Crippen LogP contribution is -2.38. The maximum atomic E-state index is 14.2. The summed E-state index contributed by atoms with van der Waals surface area (Å²) < 4.78 is 20.3. The molecule has 0 unspecified atom stereocenters. The van der Waals surface area contributed by atoms with E-state index in [-0.39, 0.29) is 17.0 Å². The Labute approximate surface area is 184 Å². The Morgan fingerprint density at radius 3 is 2.75 bits per heavy atom. The maximum Gasteiger partial charge on any atom is 0.411 e. The second-order valence-corrected chi connectivity index (χ2v) is 7.72. The van der Waals surface area contributed by atoms with Crippen LogP contribution >= 0.6 is 0 Å². The number of amides is 1. The van der Waals surface area contributed by atoms with Gasteiger partial charge in [0.05, 0.1) is 19.0 Å². The van der Waals surface area contributed by atoms with Crippen molar-refractivity contribution in [2.24, 2.45) is 7.05 Å². The fourth-order valence-electron chi connectivity index (χ4n) is 3.97. The summed E-state index contributed by atoms with van der Waals surface area (Å²) in [4.78, 5) is 34.4. The van der Waals surface area contributed by atoms with Gasteiger partial charge in [0.15, 0.2) is 5.82 Å². The largest absolute Gasteiger partial charge is 0.453 e. The third-order valence-corrected chi connectivity index (χ3v) is 5.68. The minimum Gasteiger partial charge on any atom is -0.453 e. The Balaban J connectivity index is 1.59. The molecular weight excluding hydrogens is 413 g/mol. The number of carbonyl (C=O) groups is 1. The number of hydrogen-bond acceptors (Lipinski definition) is 6. The van der Waals surface area contributed by atoms with Gasteiger partial charge < -0.3 is 9.64 Å². The molecule has 2 aromatic heterocycles. The van der Waals surface area contributed by atoms with E-state index < -0.39 is 11.9 Å². The number of ether oxygens (including phenoxy) is 1. The first-order valence-electron chi connectivity index (χ1n) is 10.3. The van der Waals surface area contributed by atoms with E-state index >= 15 is 0 Å². The van der Waals surface area contributed by atoms with Crippen LogP contribution in [-0.2, 0) is 11.8 Å². The van der Waals surface area contributed by atoms with E-state index in [4.69, 9.17) is 0 Å². The summed E-state index contributed by atoms with van der Waals surface area (Å²) in [6.07, 6.45) is 4.00. The highest BCUT2D eigenvalue weighted by molar-refractivity contribution is 5.84. The minimum atomic E-state index is -0.517. The van der Waals surface area contributed by atoms with Crippen LogP contribution in [0.4, 0.5) is 20.8 Å². The Hall–Kier alpha value is -3.75. The van der Waals surface area contributed by atoms with E-state index in [1.54, 1.807) is 7.05 Å². The van der Waals surface area contributed by atoms with Crippen molar-refractivity contribution >= 4 is 17.7 Å². The quantitative estimate of drug-likeness (QED) is 0.672. The summed E-state index contributed by atoms with van der Waals surface area (Å²) in [7, 11) is 2.99. The predicted octanol–water partition coefficient (Wildman–Crippen LogP) is 3.54. The molecule has 0 radical (unpaired) electrons. The number of carbonyl (C=O) groups excluding carboxylic acids is 1. The summed E-state index contributed by atoms with van der Waals surface area (Å²) >= 11 is 0. The summed E-state index contributed by atoms with van der Waals surface area (Å²) in [5.74, 6) is 0.225. The lowest BCUT2D eigenvalue weighted by Gasteiger charge is -2.34. The number of aromatic nitrogens is 3. The van der Waals surface area contributed by atoms with Gasteiger partial charge >= 0.3 is 6.09 Å². The van der Waals surface area contributed by atoms with Crippen LogP contribution in [-0.4, -0.2) is 40.8 Å². The lowest BCUT2D eigenvalue weighted by molar-refractivity contribution is 0.187. The van der Waals surface area contributed by atoms with Crippen molar-refractivity contribution in [2.45, 2.75) is 18.8 Å². The normalized spacial score (nSPS) is 16.0. The predicted molar refractivity (Wildman–Crippen MR) is 119 cm³/mol. The minimum absolute atomic E-state index is 0.231. The van der Waals surface area contributed by atoms with Gasteiger partial charge in [-0.1, -0.05) is 12.1 Å². The van der Waals surface area contributed by atoms with Crippen molar-refractivity contribution in [3.05, 3.63) is 70.5 Å². The van der Waals surface area contributed by atoms with Gasteiger partial charge in [-0.15, -0.1) is 0 Å². The molecule has 1 atom stereocenters. The van der Waals surface area contributed by atoms with E-state index in [2.05, 4.69) is 24.9 Å². The lowest BCUT2D eigenvalue weighted by atomic mass is 9.90. The van der Waals surface area contributed by atoms with Crippen LogP contribution in [0.1, 0.15) is 24.3 Å². The van der Waals surface area contributed by atoms with Gasteiger partial charge in [0.25, 0.3) is 5.56 Å². The second kappa shape index (κ2) is 9.17. The van der Waals surface area contributed by atoms with E-state index in [0.717, 1.165) is 31.1 Å². The van der Waals surface area contributed by atoms with Gasteiger partial charge in [-0.25, -0.2) is 14.2 Å². The zero-order valence-corrected chi connectivity index (χ0v) is 17.9. The van der Waals surface area contributed by atoms with Crippen LogP contribution < -0.4 is 15.8 Å². The third-order valence-electron chi connectivity index (χ3n) is 5.68. The number of halogens is 1. The molecule has 3 aromatic rings. The zero-order chi connectivity index (χ0) is 22.7. The number of nitrogens with zero attached hydrogens (tertiary/aromatic N) is 4. The van der Waals surface area contributed by atoms with E-state index in [1.807, 2.05) is 24.3 Å². The summed E-state index contributed by atoms with van der Waals surface area (Å²) in [5, 5.41) is 2.64. The van der Waals surface area contributed by atoms with Crippen molar-refractivity contribution in [3.63, 3.8) is 0 Å². The fraction of sp³-hybridized carbons (Fsp3) is 0.304. The van der Waals surface area contributed by atoms with Crippen molar-refractivity contribution in [1.82, 2.24) is 14.5 Å². The molecule has 0 aliphatic carbocycles. The van der Waals surface area contributed by atoms with Crippen LogP contribution in [0.3, 0.4) is 0 Å². The van der Waals surface area contributed by atoms with Crippen molar-refractivity contribution < 1.29 is 13.9 Å². The van der Waals surface area contributed by atoms with Gasteiger partial charge in [-0.3, -0.25) is 19.7 Å². The van der Waals surface area contributed by atoms with Gasteiger partial charge in [0.1, 0.15) is 0 Å². The number of piperidine rings is 1. The Morgan fingerprint density at radius 2 is 2.03 bits per heavy atom. The van der Waals surface area contributed by atoms with Crippen LogP contribution in [0.2, 0.25) is 0 Å². The number of hydrogen-bond donors (Lipinski definition) is 1. The van der Waals surface area contributed by atoms with E-state index in [9.17, 15) is 14.0 Å². The first-order valence-corrected chi connectivity index (χ1v) is 10.3. The smallest absolute Gasteiger partial charge is 0.411 e. The number of rotatable bonds is 4. The third kappa shape index (κ3) is 4.46. The molecule has 0 spiro atoms. The second-order valence-electron chi connectivity index (χ2n) is 7.72. The fourth-order valence-corrected chi connectivity index (χ4v) is 3.97. The Bertz CT molecular complexity index is 1180. The summed E-state index contributed by atoms with van der Waals surface area (Å²) in [5.41, 5.74) is 2.09. The van der Waals surface area contributed by atoms with Crippen molar-refractivity contribution in [1.29, 1.82) is 0 Å². The number of anilines is 2.